The molecule has 1 saturated carbocycles. The molecule has 2 aliphatic rings. The highest BCUT2D eigenvalue weighted by molar-refractivity contribution is 5.91. The van der Waals surface area contributed by atoms with E-state index >= 15 is 0 Å². The van der Waals surface area contributed by atoms with E-state index in [1.807, 2.05) is 16.9 Å². The minimum Gasteiger partial charge on any atom is -0.346 e. The monoisotopic (exact) mass is 567 g/mol. The number of rotatable bonds is 5. The standard InChI is InChI=1S/C27H25F4N9O/c28-18-1-2-22(21(11-18)27(29,30)31)37-25(41)39-9-7-38(8-10-39)19-12-26(13-19,4-5-32)40-15-17(14-36-40)23-20-3-6-33-24(20)35-16-34-23/h1-3,6,11,14-16,19H,4,7-10,12-13H2,(H,37,41)(H,33,34,35)/t19-,26+. The van der Waals surface area contributed by atoms with Gasteiger partial charge in [0.2, 0.25) is 0 Å². The molecule has 0 radical (unpaired) electrons. The second-order valence-electron chi connectivity index (χ2n) is 10.4. The fourth-order valence-electron chi connectivity index (χ4n) is 5.79. The van der Waals surface area contributed by atoms with Crippen LogP contribution in [0.15, 0.2) is 49.2 Å². The first-order chi connectivity index (χ1) is 19.7. The quantitative estimate of drug-likeness (QED) is 0.341. The third-order valence-corrected chi connectivity index (χ3v) is 7.98. The molecular formula is C27H25F4N9O. The molecule has 41 heavy (non-hydrogen) atoms. The van der Waals surface area contributed by atoms with E-state index < -0.39 is 34.8 Å². The molecule has 1 aliphatic heterocycles. The van der Waals surface area contributed by atoms with Crippen LogP contribution in [-0.2, 0) is 11.7 Å². The van der Waals surface area contributed by atoms with Crippen LogP contribution in [0.2, 0.25) is 0 Å². The van der Waals surface area contributed by atoms with E-state index in [0.717, 1.165) is 34.4 Å². The fraction of sp³-hybridized carbons (Fsp3) is 0.370. The van der Waals surface area contributed by atoms with E-state index in [2.05, 4.69) is 36.3 Å². The number of carbonyl (C=O) groups excluding carboxylic acids is 1. The van der Waals surface area contributed by atoms with Gasteiger partial charge in [-0.05, 0) is 37.1 Å². The van der Waals surface area contributed by atoms with Crippen molar-refractivity contribution in [3.8, 4) is 17.3 Å². The molecule has 4 aromatic rings. The fourth-order valence-corrected chi connectivity index (χ4v) is 5.79. The Balaban J connectivity index is 1.09. The van der Waals surface area contributed by atoms with Crippen LogP contribution in [0.5, 0.6) is 0 Å². The lowest BCUT2D eigenvalue weighted by molar-refractivity contribution is -0.137. The number of halogens is 4. The number of piperazine rings is 1. The second kappa shape index (κ2) is 10.2. The summed E-state index contributed by atoms with van der Waals surface area (Å²) in [7, 11) is 0. The Morgan fingerprint density at radius 2 is 1.95 bits per heavy atom. The number of amides is 2. The van der Waals surface area contributed by atoms with Gasteiger partial charge in [0.1, 0.15) is 17.8 Å². The summed E-state index contributed by atoms with van der Waals surface area (Å²) < 4.78 is 55.2. The molecule has 1 aromatic carbocycles. The van der Waals surface area contributed by atoms with Crippen LogP contribution in [-0.4, -0.2) is 72.8 Å². The van der Waals surface area contributed by atoms with Crippen molar-refractivity contribution in [3.05, 3.63) is 60.6 Å². The number of H-pyrrole nitrogens is 1. The average molecular weight is 568 g/mol. The number of aromatic amines is 1. The molecule has 2 amide bonds. The Kier molecular flexibility index (Phi) is 6.61. The molecule has 0 spiro atoms. The summed E-state index contributed by atoms with van der Waals surface area (Å²) in [5.41, 5.74) is 0.128. The molecule has 2 N–H and O–H groups in total. The van der Waals surface area contributed by atoms with Gasteiger partial charge in [-0.2, -0.15) is 23.5 Å². The van der Waals surface area contributed by atoms with Crippen LogP contribution >= 0.6 is 0 Å². The lowest BCUT2D eigenvalue weighted by Crippen LogP contribution is -2.61. The number of nitrogens with one attached hydrogen (secondary N) is 2. The molecule has 3 aromatic heterocycles. The molecule has 10 nitrogen and oxygen atoms in total. The molecule has 0 atom stereocenters. The SMILES string of the molecule is N#CC[C@]1(n2cc(-c3ncnc4[nH]ccc34)cn2)C[C@@H](N2CCN(C(=O)Nc3ccc(F)cc3C(F)(F)F)CC2)C1. The number of hydrogen-bond acceptors (Lipinski definition) is 6. The molecule has 0 unspecified atom stereocenters. The Morgan fingerprint density at radius 3 is 2.68 bits per heavy atom. The third-order valence-electron chi connectivity index (χ3n) is 7.98. The van der Waals surface area contributed by atoms with Crippen LogP contribution < -0.4 is 5.32 Å². The van der Waals surface area contributed by atoms with Crippen molar-refractivity contribution >= 4 is 22.8 Å². The number of alkyl halides is 3. The van der Waals surface area contributed by atoms with Gasteiger partial charge in [0, 0.05) is 55.6 Å². The zero-order valence-corrected chi connectivity index (χ0v) is 21.7. The summed E-state index contributed by atoms with van der Waals surface area (Å²) in [4.78, 5) is 28.1. The van der Waals surface area contributed by atoms with E-state index in [4.69, 9.17) is 0 Å². The number of fused-ring (bicyclic) bond motifs is 1. The highest BCUT2D eigenvalue weighted by Gasteiger charge is 2.49. The molecule has 1 saturated heterocycles. The molecule has 1 aliphatic carbocycles. The van der Waals surface area contributed by atoms with Gasteiger partial charge >= 0.3 is 12.2 Å². The zero-order chi connectivity index (χ0) is 28.8. The Labute approximate surface area is 231 Å². The first-order valence-corrected chi connectivity index (χ1v) is 13.0. The summed E-state index contributed by atoms with van der Waals surface area (Å²) in [5, 5.41) is 17.3. The second-order valence-corrected chi connectivity index (χ2v) is 10.4. The number of benzene rings is 1. The van der Waals surface area contributed by atoms with Crippen molar-refractivity contribution in [3.63, 3.8) is 0 Å². The smallest absolute Gasteiger partial charge is 0.346 e. The number of hydrogen-bond donors (Lipinski definition) is 2. The lowest BCUT2D eigenvalue weighted by atomic mass is 9.70. The van der Waals surface area contributed by atoms with Gasteiger partial charge in [0.15, 0.2) is 0 Å². The maximum absolute atomic E-state index is 13.4. The van der Waals surface area contributed by atoms with Crippen LogP contribution in [0.25, 0.3) is 22.3 Å². The van der Waals surface area contributed by atoms with Crippen molar-refractivity contribution in [2.45, 2.75) is 37.0 Å². The Bertz CT molecular complexity index is 1630. The third kappa shape index (κ3) is 4.97. The number of anilines is 1. The van der Waals surface area contributed by atoms with Crippen LogP contribution in [0.1, 0.15) is 24.8 Å². The number of nitrogens with zero attached hydrogens (tertiary/aromatic N) is 7. The van der Waals surface area contributed by atoms with Gasteiger partial charge in [-0.25, -0.2) is 19.2 Å². The van der Waals surface area contributed by atoms with Crippen LogP contribution in [0, 0.1) is 17.1 Å². The normalized spacial score (nSPS) is 21.4. The summed E-state index contributed by atoms with van der Waals surface area (Å²) in [6, 6.07) is 5.87. The first-order valence-electron chi connectivity index (χ1n) is 13.0. The van der Waals surface area contributed by atoms with Crippen molar-refractivity contribution < 1.29 is 22.4 Å². The molecule has 4 heterocycles. The number of aromatic nitrogens is 5. The molecular weight excluding hydrogens is 542 g/mol. The molecule has 2 fully saturated rings. The maximum atomic E-state index is 13.4. The van der Waals surface area contributed by atoms with Gasteiger partial charge in [-0.1, -0.05) is 0 Å². The molecule has 0 bridgehead atoms. The topological polar surface area (TPSA) is 119 Å². The number of nitriles is 1. The van der Waals surface area contributed by atoms with Gasteiger partial charge in [0.25, 0.3) is 0 Å². The van der Waals surface area contributed by atoms with E-state index in [-0.39, 0.29) is 12.5 Å². The van der Waals surface area contributed by atoms with E-state index in [9.17, 15) is 27.6 Å². The van der Waals surface area contributed by atoms with Crippen LogP contribution in [0.3, 0.4) is 0 Å². The van der Waals surface area contributed by atoms with Crippen LogP contribution in [0.4, 0.5) is 28.0 Å². The summed E-state index contributed by atoms with van der Waals surface area (Å²) in [6.45, 7) is 1.71. The minimum atomic E-state index is -4.80. The first kappa shape index (κ1) is 26.7. The van der Waals surface area contributed by atoms with Gasteiger partial charge < -0.3 is 15.2 Å². The van der Waals surface area contributed by atoms with E-state index in [1.165, 1.54) is 11.2 Å². The molecule has 6 rings (SSSR count). The number of urea groups is 1. The van der Waals surface area contributed by atoms with Gasteiger partial charge in [-0.3, -0.25) is 9.58 Å². The molecule has 212 valence electrons. The summed E-state index contributed by atoms with van der Waals surface area (Å²) in [6.07, 6.45) is 3.82. The summed E-state index contributed by atoms with van der Waals surface area (Å²) >= 11 is 0. The summed E-state index contributed by atoms with van der Waals surface area (Å²) in [5.74, 6) is -1.03. The minimum absolute atomic E-state index is 0.172. The van der Waals surface area contributed by atoms with Gasteiger partial charge in [-0.15, -0.1) is 0 Å². The predicted octanol–water partition coefficient (Wildman–Crippen LogP) is 4.60. The highest BCUT2D eigenvalue weighted by Crippen LogP contribution is 2.45. The van der Waals surface area contributed by atoms with Crippen molar-refractivity contribution in [1.29, 1.82) is 5.26 Å². The molecule has 14 heteroatoms. The van der Waals surface area contributed by atoms with Gasteiger partial charge in [0.05, 0.1) is 41.2 Å². The Morgan fingerprint density at radius 1 is 1.17 bits per heavy atom. The number of carbonyl (C=O) groups is 1. The predicted molar refractivity (Wildman–Crippen MR) is 140 cm³/mol. The largest absolute Gasteiger partial charge is 0.418 e. The highest BCUT2D eigenvalue weighted by atomic mass is 19.4. The van der Waals surface area contributed by atoms with Crippen molar-refractivity contribution in [2.24, 2.45) is 0 Å². The lowest BCUT2D eigenvalue weighted by Gasteiger charge is -2.52. The maximum Gasteiger partial charge on any atom is 0.418 e. The zero-order valence-electron chi connectivity index (χ0n) is 21.7. The van der Waals surface area contributed by atoms with E-state index in [1.54, 1.807) is 12.4 Å². The Hall–Kier alpha value is -4.51. The average Bonchev–Trinajstić information content (AvgIpc) is 3.61. The van der Waals surface area contributed by atoms with E-state index in [0.29, 0.717) is 45.1 Å². The van der Waals surface area contributed by atoms with Crippen molar-refractivity contribution in [2.75, 3.05) is 31.5 Å². The van der Waals surface area contributed by atoms with Crippen molar-refractivity contribution in [1.82, 2.24) is 34.5 Å².